The molecule has 0 heterocycles. The van der Waals surface area contributed by atoms with Crippen LogP contribution in [0.4, 0.5) is 0 Å². The zero-order valence-electron chi connectivity index (χ0n) is 9.13. The molecule has 0 aliphatic rings. The monoisotopic (exact) mass is 257 g/mol. The van der Waals surface area contributed by atoms with E-state index in [9.17, 15) is 13.5 Å². The Morgan fingerprint density at radius 1 is 1.31 bits per heavy atom. The van der Waals surface area contributed by atoms with Gasteiger partial charge in [0.2, 0.25) is 0 Å². The number of hydrogen-bond donors (Lipinski definition) is 5. The standard InChI is InChI=1S/C8H19NO6S/c1-2-8(5-10,6-11)9-3-7(12)4-16(13,14)15/h7,9-12H,2-6H2,1H3,(H,13,14,15). The van der Waals surface area contributed by atoms with Crippen molar-refractivity contribution < 1.29 is 28.3 Å². The molecule has 0 radical (unpaired) electrons. The highest BCUT2D eigenvalue weighted by Crippen LogP contribution is 2.08. The number of aliphatic hydroxyl groups excluding tert-OH is 3. The molecule has 1 unspecified atom stereocenters. The molecule has 0 bridgehead atoms. The Balaban J connectivity index is 4.21. The summed E-state index contributed by atoms with van der Waals surface area (Å²) in [5, 5.41) is 30.0. The van der Waals surface area contributed by atoms with E-state index in [4.69, 9.17) is 14.8 Å². The van der Waals surface area contributed by atoms with E-state index in [1.54, 1.807) is 6.92 Å². The number of hydrogen-bond acceptors (Lipinski definition) is 6. The Labute approximate surface area is 94.9 Å². The highest BCUT2D eigenvalue weighted by molar-refractivity contribution is 7.85. The lowest BCUT2D eigenvalue weighted by Gasteiger charge is -2.30. The van der Waals surface area contributed by atoms with Crippen molar-refractivity contribution in [2.75, 3.05) is 25.5 Å². The molecule has 0 aliphatic carbocycles. The van der Waals surface area contributed by atoms with Crippen LogP contribution >= 0.6 is 0 Å². The second-order valence-corrected chi connectivity index (χ2v) is 5.23. The van der Waals surface area contributed by atoms with Crippen LogP contribution in [0.25, 0.3) is 0 Å². The fraction of sp³-hybridized carbons (Fsp3) is 1.00. The fourth-order valence-electron chi connectivity index (χ4n) is 1.15. The van der Waals surface area contributed by atoms with E-state index in [2.05, 4.69) is 5.32 Å². The molecule has 7 nitrogen and oxygen atoms in total. The highest BCUT2D eigenvalue weighted by atomic mass is 32.2. The van der Waals surface area contributed by atoms with E-state index in [-0.39, 0.29) is 19.8 Å². The Hall–Kier alpha value is -0.250. The van der Waals surface area contributed by atoms with Crippen molar-refractivity contribution in [2.24, 2.45) is 0 Å². The first-order valence-corrected chi connectivity index (χ1v) is 6.49. The maximum absolute atomic E-state index is 10.4. The summed E-state index contributed by atoms with van der Waals surface area (Å²) in [7, 11) is -4.23. The van der Waals surface area contributed by atoms with Crippen molar-refractivity contribution in [2.45, 2.75) is 25.0 Å². The minimum Gasteiger partial charge on any atom is -0.394 e. The number of β-amino-alcohol motifs (C(OH)–C–C–N with tert-alkyl or cyclic N) is 1. The molecule has 0 rings (SSSR count). The maximum Gasteiger partial charge on any atom is 0.267 e. The van der Waals surface area contributed by atoms with Gasteiger partial charge in [-0.25, -0.2) is 0 Å². The van der Waals surface area contributed by atoms with Crippen LogP contribution in [0, 0.1) is 0 Å². The van der Waals surface area contributed by atoms with Gasteiger partial charge in [0.25, 0.3) is 10.1 Å². The molecule has 1 atom stereocenters. The first-order chi connectivity index (χ1) is 7.28. The molecule has 8 heteroatoms. The van der Waals surface area contributed by atoms with E-state index in [0.717, 1.165) is 0 Å². The van der Waals surface area contributed by atoms with Crippen molar-refractivity contribution in [1.29, 1.82) is 0 Å². The zero-order valence-corrected chi connectivity index (χ0v) is 9.94. The minimum absolute atomic E-state index is 0.144. The van der Waals surface area contributed by atoms with Gasteiger partial charge in [-0.1, -0.05) is 6.92 Å². The van der Waals surface area contributed by atoms with Crippen LogP contribution in [0.5, 0.6) is 0 Å². The Kier molecular flexibility index (Phi) is 6.38. The van der Waals surface area contributed by atoms with Gasteiger partial charge in [0, 0.05) is 6.54 Å². The van der Waals surface area contributed by atoms with E-state index in [1.165, 1.54) is 0 Å². The first kappa shape index (κ1) is 15.8. The fourth-order valence-corrected chi connectivity index (χ4v) is 1.75. The molecule has 98 valence electrons. The van der Waals surface area contributed by atoms with Crippen LogP contribution in [0.1, 0.15) is 13.3 Å². The smallest absolute Gasteiger partial charge is 0.267 e. The van der Waals surface area contributed by atoms with Gasteiger partial charge in [0.15, 0.2) is 0 Å². The molecule has 0 saturated carbocycles. The lowest BCUT2D eigenvalue weighted by molar-refractivity contribution is 0.0741. The summed E-state index contributed by atoms with van der Waals surface area (Å²) in [6.45, 7) is 0.917. The molecule has 0 fully saturated rings. The van der Waals surface area contributed by atoms with Crippen LogP contribution < -0.4 is 5.32 Å². The summed E-state index contributed by atoms with van der Waals surface area (Å²) in [6, 6.07) is 0. The van der Waals surface area contributed by atoms with Crippen LogP contribution in [0.2, 0.25) is 0 Å². The zero-order chi connectivity index (χ0) is 12.8. The molecular formula is C8H19NO6S. The molecule has 0 saturated heterocycles. The van der Waals surface area contributed by atoms with Crippen molar-refractivity contribution in [1.82, 2.24) is 5.32 Å². The van der Waals surface area contributed by atoms with E-state index in [1.807, 2.05) is 0 Å². The summed E-state index contributed by atoms with van der Waals surface area (Å²) >= 11 is 0. The summed E-state index contributed by atoms with van der Waals surface area (Å²) in [6.07, 6.45) is -0.877. The second kappa shape index (κ2) is 6.48. The lowest BCUT2D eigenvalue weighted by atomic mass is 9.98. The van der Waals surface area contributed by atoms with Crippen molar-refractivity contribution in [3.63, 3.8) is 0 Å². The summed E-state index contributed by atoms with van der Waals surface area (Å²) < 4.78 is 29.4. The SMILES string of the molecule is CCC(CO)(CO)NCC(O)CS(=O)(=O)O. The summed E-state index contributed by atoms with van der Waals surface area (Å²) in [5.41, 5.74) is -0.944. The van der Waals surface area contributed by atoms with Gasteiger partial charge in [0.05, 0.1) is 24.9 Å². The predicted molar refractivity (Wildman–Crippen MR) is 57.6 cm³/mol. The van der Waals surface area contributed by atoms with Gasteiger partial charge in [-0.15, -0.1) is 0 Å². The molecule has 0 amide bonds. The van der Waals surface area contributed by atoms with Gasteiger partial charge >= 0.3 is 0 Å². The Morgan fingerprint density at radius 3 is 2.12 bits per heavy atom. The number of rotatable bonds is 8. The second-order valence-electron chi connectivity index (χ2n) is 3.73. The third kappa shape index (κ3) is 5.73. The summed E-state index contributed by atoms with van der Waals surface area (Å²) in [4.78, 5) is 0. The largest absolute Gasteiger partial charge is 0.394 e. The van der Waals surface area contributed by atoms with Crippen LogP contribution in [0.3, 0.4) is 0 Å². The average molecular weight is 257 g/mol. The molecular weight excluding hydrogens is 238 g/mol. The average Bonchev–Trinajstić information content (AvgIpc) is 2.18. The van der Waals surface area contributed by atoms with Crippen molar-refractivity contribution in [3.8, 4) is 0 Å². The molecule has 0 aromatic carbocycles. The lowest BCUT2D eigenvalue weighted by Crippen LogP contribution is -2.54. The summed E-state index contributed by atoms with van der Waals surface area (Å²) in [5.74, 6) is -0.781. The first-order valence-electron chi connectivity index (χ1n) is 4.88. The van der Waals surface area contributed by atoms with Crippen LogP contribution in [0.15, 0.2) is 0 Å². The minimum atomic E-state index is -4.23. The van der Waals surface area contributed by atoms with E-state index in [0.29, 0.717) is 6.42 Å². The van der Waals surface area contributed by atoms with Gasteiger partial charge in [-0.2, -0.15) is 8.42 Å². The third-order valence-corrected chi connectivity index (χ3v) is 3.20. The van der Waals surface area contributed by atoms with Gasteiger partial charge < -0.3 is 20.6 Å². The molecule has 0 aromatic heterocycles. The quantitative estimate of drug-likeness (QED) is 0.317. The van der Waals surface area contributed by atoms with Gasteiger partial charge in [-0.3, -0.25) is 4.55 Å². The van der Waals surface area contributed by atoms with Crippen molar-refractivity contribution in [3.05, 3.63) is 0 Å². The molecule has 0 spiro atoms. The number of nitrogens with one attached hydrogen (secondary N) is 1. The third-order valence-electron chi connectivity index (χ3n) is 2.40. The van der Waals surface area contributed by atoms with Crippen LogP contribution in [-0.2, 0) is 10.1 Å². The Bertz CT molecular complexity index is 279. The van der Waals surface area contributed by atoms with Crippen molar-refractivity contribution >= 4 is 10.1 Å². The number of aliphatic hydroxyl groups is 3. The Morgan fingerprint density at radius 2 is 1.81 bits per heavy atom. The normalized spacial score (nSPS) is 15.1. The predicted octanol–water partition coefficient (Wildman–Crippen LogP) is -2.04. The van der Waals surface area contributed by atoms with Crippen LogP contribution in [-0.4, -0.2) is 65.4 Å². The molecule has 5 N–H and O–H groups in total. The molecule has 0 aromatic rings. The van der Waals surface area contributed by atoms with E-state index < -0.39 is 27.5 Å². The molecule has 16 heavy (non-hydrogen) atoms. The topological polar surface area (TPSA) is 127 Å². The highest BCUT2D eigenvalue weighted by Gasteiger charge is 2.27. The van der Waals surface area contributed by atoms with E-state index >= 15 is 0 Å². The molecule has 0 aliphatic heterocycles. The maximum atomic E-state index is 10.4. The van der Waals surface area contributed by atoms with Gasteiger partial charge in [-0.05, 0) is 6.42 Å². The van der Waals surface area contributed by atoms with Gasteiger partial charge in [0.1, 0.15) is 5.75 Å².